The minimum Gasteiger partial charge on any atom is -0.497 e. The highest BCUT2D eigenvalue weighted by molar-refractivity contribution is 6.35. The molecular formula is C20H20Cl2N4O2. The maximum Gasteiger partial charge on any atom is 0.219 e. The molecular weight excluding hydrogens is 399 g/mol. The van der Waals surface area contributed by atoms with Gasteiger partial charge in [-0.25, -0.2) is 4.68 Å². The van der Waals surface area contributed by atoms with Crippen molar-refractivity contribution in [2.45, 2.75) is 18.9 Å². The molecule has 2 aromatic carbocycles. The fourth-order valence-corrected chi connectivity index (χ4v) is 3.37. The minimum atomic E-state index is -0.598. The molecule has 0 aliphatic heterocycles. The van der Waals surface area contributed by atoms with E-state index < -0.39 is 11.9 Å². The molecule has 0 radical (unpaired) electrons. The van der Waals surface area contributed by atoms with Crippen LogP contribution >= 0.6 is 23.2 Å². The summed E-state index contributed by atoms with van der Waals surface area (Å²) in [5.74, 6) is 0.297. The summed E-state index contributed by atoms with van der Waals surface area (Å²) in [6.45, 7) is 0. The molecule has 1 heterocycles. The number of nitrogens with zero attached hydrogens (tertiary/aromatic N) is 2. The van der Waals surface area contributed by atoms with Gasteiger partial charge in [0, 0.05) is 23.6 Å². The van der Waals surface area contributed by atoms with Crippen molar-refractivity contribution in [3.05, 3.63) is 75.5 Å². The van der Waals surface area contributed by atoms with E-state index in [0.29, 0.717) is 27.8 Å². The molecule has 1 unspecified atom stereocenters. The van der Waals surface area contributed by atoms with Crippen molar-refractivity contribution in [2.75, 3.05) is 7.11 Å². The van der Waals surface area contributed by atoms with Crippen molar-refractivity contribution in [3.8, 4) is 11.4 Å². The molecule has 3 aromatic rings. The molecule has 0 spiro atoms. The normalized spacial score (nSPS) is 12.0. The van der Waals surface area contributed by atoms with E-state index in [2.05, 4.69) is 5.10 Å². The van der Waals surface area contributed by atoms with Gasteiger partial charge in [0.15, 0.2) is 0 Å². The third kappa shape index (κ3) is 4.65. The number of ether oxygens (including phenoxy) is 1. The summed E-state index contributed by atoms with van der Waals surface area (Å²) in [6, 6.07) is 14.2. The second-order valence-corrected chi connectivity index (χ2v) is 7.21. The van der Waals surface area contributed by atoms with Crippen molar-refractivity contribution < 1.29 is 9.53 Å². The van der Waals surface area contributed by atoms with Crippen LogP contribution < -0.4 is 16.2 Å². The number of carbonyl (C=O) groups is 1. The predicted molar refractivity (Wildman–Crippen MR) is 110 cm³/mol. The smallest absolute Gasteiger partial charge is 0.219 e. The number of methoxy groups -OCH3 is 1. The highest BCUT2D eigenvalue weighted by Crippen LogP contribution is 2.28. The summed E-state index contributed by atoms with van der Waals surface area (Å²) < 4.78 is 6.93. The number of halogens is 2. The van der Waals surface area contributed by atoms with Crippen molar-refractivity contribution in [2.24, 2.45) is 11.5 Å². The Morgan fingerprint density at radius 1 is 1.18 bits per heavy atom. The van der Waals surface area contributed by atoms with Gasteiger partial charge in [-0.1, -0.05) is 35.3 Å². The van der Waals surface area contributed by atoms with E-state index in [0.717, 1.165) is 17.0 Å². The standard InChI is InChI=1S/C20H20Cl2N4O2/c1-28-15-5-2-12(3-6-15)8-14-10-18(17(23)11-20(24)27)25-26(14)19-7-4-13(21)9-16(19)22/h2-7,9-10,17H,8,11,23H2,1H3,(H2,24,27). The van der Waals surface area contributed by atoms with E-state index in [1.54, 1.807) is 30.0 Å². The van der Waals surface area contributed by atoms with Crippen LogP contribution in [0.1, 0.15) is 29.4 Å². The van der Waals surface area contributed by atoms with Gasteiger partial charge in [0.2, 0.25) is 5.91 Å². The summed E-state index contributed by atoms with van der Waals surface area (Å²) in [5, 5.41) is 5.58. The molecule has 0 saturated carbocycles. The van der Waals surface area contributed by atoms with Crippen LogP contribution in [0.15, 0.2) is 48.5 Å². The summed E-state index contributed by atoms with van der Waals surface area (Å²) in [4.78, 5) is 11.2. The molecule has 1 amide bonds. The van der Waals surface area contributed by atoms with Gasteiger partial charge in [-0.15, -0.1) is 0 Å². The van der Waals surface area contributed by atoms with Gasteiger partial charge in [-0.2, -0.15) is 5.10 Å². The Bertz CT molecular complexity index is 986. The lowest BCUT2D eigenvalue weighted by molar-refractivity contribution is -0.118. The van der Waals surface area contributed by atoms with Gasteiger partial charge in [0.05, 0.1) is 29.6 Å². The first kappa shape index (κ1) is 20.2. The lowest BCUT2D eigenvalue weighted by Gasteiger charge is -2.10. The number of nitrogens with two attached hydrogens (primary N) is 2. The molecule has 0 aliphatic carbocycles. The topological polar surface area (TPSA) is 96.2 Å². The second kappa shape index (κ2) is 8.65. The van der Waals surface area contributed by atoms with Crippen LogP contribution in [-0.2, 0) is 11.2 Å². The van der Waals surface area contributed by atoms with Crippen LogP contribution in [-0.4, -0.2) is 22.8 Å². The van der Waals surface area contributed by atoms with E-state index in [4.69, 9.17) is 39.4 Å². The van der Waals surface area contributed by atoms with Gasteiger partial charge in [0.25, 0.3) is 0 Å². The maximum absolute atomic E-state index is 11.2. The van der Waals surface area contributed by atoms with Gasteiger partial charge in [-0.3, -0.25) is 4.79 Å². The zero-order chi connectivity index (χ0) is 20.3. The number of benzene rings is 2. The Kier molecular flexibility index (Phi) is 6.24. The molecule has 1 atom stereocenters. The zero-order valence-electron chi connectivity index (χ0n) is 15.2. The molecule has 146 valence electrons. The van der Waals surface area contributed by atoms with Crippen LogP contribution in [0.5, 0.6) is 5.75 Å². The number of hydrogen-bond acceptors (Lipinski definition) is 4. The monoisotopic (exact) mass is 418 g/mol. The molecule has 1 aromatic heterocycles. The molecule has 4 N–H and O–H groups in total. The molecule has 28 heavy (non-hydrogen) atoms. The van der Waals surface area contributed by atoms with Crippen molar-refractivity contribution in [1.82, 2.24) is 9.78 Å². The van der Waals surface area contributed by atoms with Crippen LogP contribution in [0.25, 0.3) is 5.69 Å². The first-order chi connectivity index (χ1) is 13.4. The van der Waals surface area contributed by atoms with Crippen molar-refractivity contribution >= 4 is 29.1 Å². The second-order valence-electron chi connectivity index (χ2n) is 6.37. The Balaban J connectivity index is 2.02. The molecule has 3 rings (SSSR count). The molecule has 0 fully saturated rings. The fraction of sp³-hybridized carbons (Fsp3) is 0.200. The van der Waals surface area contributed by atoms with Crippen LogP contribution in [0.4, 0.5) is 0 Å². The van der Waals surface area contributed by atoms with Crippen molar-refractivity contribution in [1.29, 1.82) is 0 Å². The van der Waals surface area contributed by atoms with Crippen molar-refractivity contribution in [3.63, 3.8) is 0 Å². The fourth-order valence-electron chi connectivity index (χ4n) is 2.88. The average molecular weight is 419 g/mol. The maximum atomic E-state index is 11.2. The van der Waals surface area contributed by atoms with Gasteiger partial charge in [0.1, 0.15) is 5.75 Å². The SMILES string of the molecule is COc1ccc(Cc2cc(C(N)CC(N)=O)nn2-c2ccc(Cl)cc2Cl)cc1. The number of rotatable bonds is 7. The lowest BCUT2D eigenvalue weighted by Crippen LogP contribution is -2.21. The van der Waals surface area contributed by atoms with Gasteiger partial charge in [-0.05, 0) is 42.0 Å². The highest BCUT2D eigenvalue weighted by Gasteiger charge is 2.18. The molecule has 0 aliphatic rings. The average Bonchev–Trinajstić information content (AvgIpc) is 3.05. The van der Waals surface area contributed by atoms with Crippen LogP contribution in [0.2, 0.25) is 10.0 Å². The Morgan fingerprint density at radius 3 is 2.50 bits per heavy atom. The summed E-state index contributed by atoms with van der Waals surface area (Å²) >= 11 is 12.4. The number of primary amides is 1. The highest BCUT2D eigenvalue weighted by atomic mass is 35.5. The van der Waals surface area contributed by atoms with E-state index in [1.807, 2.05) is 30.3 Å². The van der Waals surface area contributed by atoms with E-state index in [9.17, 15) is 4.79 Å². The zero-order valence-corrected chi connectivity index (χ0v) is 16.7. The Labute approximate surface area is 173 Å². The molecule has 8 heteroatoms. The molecule has 6 nitrogen and oxygen atoms in total. The summed E-state index contributed by atoms with van der Waals surface area (Å²) in [6.07, 6.45) is 0.590. The Morgan fingerprint density at radius 2 is 1.89 bits per heavy atom. The number of carbonyl (C=O) groups excluding carboxylic acids is 1. The Hall–Kier alpha value is -2.54. The molecule has 0 saturated heterocycles. The largest absolute Gasteiger partial charge is 0.497 e. The number of amides is 1. The third-order valence-electron chi connectivity index (χ3n) is 4.29. The first-order valence-corrected chi connectivity index (χ1v) is 9.34. The number of aromatic nitrogens is 2. The first-order valence-electron chi connectivity index (χ1n) is 8.58. The van der Waals surface area contributed by atoms with Crippen LogP contribution in [0, 0.1) is 0 Å². The summed E-state index contributed by atoms with van der Waals surface area (Å²) in [5.41, 5.74) is 14.5. The van der Waals surface area contributed by atoms with Gasteiger partial charge < -0.3 is 16.2 Å². The minimum absolute atomic E-state index is 0.00728. The van der Waals surface area contributed by atoms with E-state index >= 15 is 0 Å². The summed E-state index contributed by atoms with van der Waals surface area (Å²) in [7, 11) is 1.62. The lowest BCUT2D eigenvalue weighted by atomic mass is 10.1. The number of hydrogen-bond donors (Lipinski definition) is 2. The quantitative estimate of drug-likeness (QED) is 0.611. The van der Waals surface area contributed by atoms with Crippen LogP contribution in [0.3, 0.4) is 0 Å². The van der Waals surface area contributed by atoms with E-state index in [1.165, 1.54) is 0 Å². The third-order valence-corrected chi connectivity index (χ3v) is 4.82. The van der Waals surface area contributed by atoms with Gasteiger partial charge >= 0.3 is 0 Å². The molecule has 0 bridgehead atoms. The predicted octanol–water partition coefficient (Wildman–Crippen LogP) is 3.65. The van der Waals surface area contributed by atoms with E-state index in [-0.39, 0.29) is 6.42 Å².